The van der Waals surface area contributed by atoms with Crippen LogP contribution in [0.5, 0.6) is 0 Å². The van der Waals surface area contributed by atoms with Crippen LogP contribution in [0.2, 0.25) is 6.55 Å². The normalized spacial score (nSPS) is 37.5. The minimum atomic E-state index is 0.275. The van der Waals surface area contributed by atoms with E-state index in [1.807, 2.05) is 0 Å². The molecule has 0 bridgehead atoms. The largest absolute Gasteiger partial charge is 0.327 e. The summed E-state index contributed by atoms with van der Waals surface area (Å²) in [5, 5.41) is 0. The molecule has 0 aromatic heterocycles. The molecule has 1 aliphatic rings. The first kappa shape index (κ1) is 8.49. The first-order chi connectivity index (χ1) is 4.75. The molecular formula is C7H19NSi2. The molecule has 3 heteroatoms. The Balaban J connectivity index is 2.38. The molecule has 0 radical (unpaired) electrons. The summed E-state index contributed by atoms with van der Waals surface area (Å²) in [5.41, 5.74) is 0. The highest BCUT2D eigenvalue weighted by atomic mass is 29.1. The fourth-order valence-electron chi connectivity index (χ4n) is 1.95. The highest BCUT2D eigenvalue weighted by molar-refractivity contribution is 6.98. The summed E-state index contributed by atoms with van der Waals surface area (Å²) < 4.78 is 2.83. The molecule has 1 rings (SSSR count). The van der Waals surface area contributed by atoms with Crippen LogP contribution in [-0.4, -0.2) is 34.9 Å². The second-order valence-electron chi connectivity index (χ2n) is 3.51. The topological polar surface area (TPSA) is 3.24 Å². The number of rotatable bonds is 2. The van der Waals surface area contributed by atoms with E-state index in [9.17, 15) is 0 Å². The van der Waals surface area contributed by atoms with E-state index in [2.05, 4.69) is 25.0 Å². The van der Waals surface area contributed by atoms with Gasteiger partial charge in [0.25, 0.3) is 0 Å². The Morgan fingerprint density at radius 1 is 1.20 bits per heavy atom. The van der Waals surface area contributed by atoms with Gasteiger partial charge in [-0.15, -0.1) is 0 Å². The second kappa shape index (κ2) is 3.69. The van der Waals surface area contributed by atoms with Crippen LogP contribution >= 0.6 is 0 Å². The summed E-state index contributed by atoms with van der Waals surface area (Å²) >= 11 is 0. The summed E-state index contributed by atoms with van der Waals surface area (Å²) in [6.45, 7) is 7.27. The lowest BCUT2D eigenvalue weighted by atomic mass is 10.2. The van der Waals surface area contributed by atoms with Crippen LogP contribution in [0.25, 0.3) is 0 Å². The Bertz CT molecular complexity index is 97.8. The minimum Gasteiger partial charge on any atom is -0.327 e. The van der Waals surface area contributed by atoms with E-state index in [-0.39, 0.29) is 9.20 Å². The maximum absolute atomic E-state index is 2.83. The van der Waals surface area contributed by atoms with E-state index in [0.29, 0.717) is 9.04 Å². The van der Waals surface area contributed by atoms with Crippen molar-refractivity contribution < 1.29 is 0 Å². The van der Waals surface area contributed by atoms with Crippen LogP contribution in [0.3, 0.4) is 0 Å². The number of hydrogen-bond acceptors (Lipinski definition) is 1. The van der Waals surface area contributed by atoms with Gasteiger partial charge in [-0.25, -0.2) is 0 Å². The third-order valence-corrected chi connectivity index (χ3v) is 7.72. The van der Waals surface area contributed by atoms with Crippen LogP contribution in [0.15, 0.2) is 0 Å². The number of nitrogens with zero attached hydrogens (tertiary/aromatic N) is 1. The van der Waals surface area contributed by atoms with Gasteiger partial charge in [-0.3, -0.25) is 0 Å². The lowest BCUT2D eigenvalue weighted by Gasteiger charge is -2.24. The molecule has 0 amide bonds. The van der Waals surface area contributed by atoms with E-state index in [0.717, 1.165) is 12.1 Å². The zero-order valence-corrected chi connectivity index (χ0v) is 10.3. The molecule has 0 aromatic rings. The van der Waals surface area contributed by atoms with Crippen LogP contribution < -0.4 is 0 Å². The molecule has 1 nitrogen and oxygen atoms in total. The predicted molar refractivity (Wildman–Crippen MR) is 52.9 cm³/mol. The average molecular weight is 173 g/mol. The van der Waals surface area contributed by atoms with E-state index in [1.54, 1.807) is 0 Å². The summed E-state index contributed by atoms with van der Waals surface area (Å²) in [7, 11) is 0.661. The summed E-state index contributed by atoms with van der Waals surface area (Å²) in [4.78, 5) is 0. The molecule has 0 N–H and O–H groups in total. The van der Waals surface area contributed by atoms with E-state index in [1.165, 1.54) is 12.8 Å². The van der Waals surface area contributed by atoms with Gasteiger partial charge in [-0.2, -0.15) is 0 Å². The molecule has 2 atom stereocenters. The third kappa shape index (κ3) is 1.71. The van der Waals surface area contributed by atoms with Crippen LogP contribution in [0, 0.1) is 0 Å². The summed E-state index contributed by atoms with van der Waals surface area (Å²) in [6, 6.07) is 1.88. The van der Waals surface area contributed by atoms with Gasteiger partial charge in [0.2, 0.25) is 0 Å². The summed E-state index contributed by atoms with van der Waals surface area (Å²) in [6.07, 6.45) is 2.92. The van der Waals surface area contributed by atoms with E-state index in [4.69, 9.17) is 0 Å². The van der Waals surface area contributed by atoms with Crippen molar-refractivity contribution in [3.8, 4) is 0 Å². The van der Waals surface area contributed by atoms with E-state index >= 15 is 0 Å². The van der Waals surface area contributed by atoms with Crippen molar-refractivity contribution in [2.75, 3.05) is 0 Å². The summed E-state index contributed by atoms with van der Waals surface area (Å²) in [5.74, 6) is 0. The molecule has 1 saturated heterocycles. The van der Waals surface area contributed by atoms with Crippen molar-refractivity contribution in [3.05, 3.63) is 0 Å². The van der Waals surface area contributed by atoms with Crippen LogP contribution in [-0.2, 0) is 0 Å². The predicted octanol–water partition coefficient (Wildman–Crippen LogP) is 0.0749. The zero-order chi connectivity index (χ0) is 7.56. The SMILES string of the molecule is C[SiH2][SiH2]N1C(C)CCC1C. The van der Waals surface area contributed by atoms with Gasteiger partial charge < -0.3 is 4.57 Å². The van der Waals surface area contributed by atoms with Crippen molar-refractivity contribution in [1.29, 1.82) is 0 Å². The quantitative estimate of drug-likeness (QED) is 0.535. The van der Waals surface area contributed by atoms with Crippen molar-refractivity contribution in [2.24, 2.45) is 0 Å². The van der Waals surface area contributed by atoms with Crippen molar-refractivity contribution in [1.82, 2.24) is 4.57 Å². The Labute approximate surface area is 68.7 Å². The zero-order valence-electron chi connectivity index (χ0n) is 7.43. The first-order valence-corrected chi connectivity index (χ1v) is 10.6. The lowest BCUT2D eigenvalue weighted by molar-refractivity contribution is 0.373. The lowest BCUT2D eigenvalue weighted by Crippen LogP contribution is -2.38. The second-order valence-corrected chi connectivity index (χ2v) is 10.0. The van der Waals surface area contributed by atoms with Gasteiger partial charge >= 0.3 is 0 Å². The van der Waals surface area contributed by atoms with Gasteiger partial charge in [0.05, 0.1) is 9.20 Å². The Kier molecular flexibility index (Phi) is 3.13. The molecule has 1 heterocycles. The molecule has 1 aliphatic heterocycles. The highest BCUT2D eigenvalue weighted by Crippen LogP contribution is 2.21. The standard InChI is InChI=1S/C7H19NSi2/c1-6-4-5-7(2)8(6)10-9-3/h6-7H,4-5,9-10H2,1-3H3. The molecule has 1 fully saturated rings. The molecule has 0 spiro atoms. The maximum atomic E-state index is 2.83. The van der Waals surface area contributed by atoms with Crippen molar-refractivity contribution >= 4 is 18.2 Å². The van der Waals surface area contributed by atoms with Crippen LogP contribution in [0.4, 0.5) is 0 Å². The Morgan fingerprint density at radius 2 is 1.70 bits per heavy atom. The number of hydrogen-bond donors (Lipinski definition) is 0. The van der Waals surface area contributed by atoms with E-state index < -0.39 is 0 Å². The van der Waals surface area contributed by atoms with Crippen molar-refractivity contribution in [3.63, 3.8) is 0 Å². The molecular weight excluding hydrogens is 154 g/mol. The van der Waals surface area contributed by atoms with Gasteiger partial charge in [0.1, 0.15) is 0 Å². The Hall–Kier alpha value is 0.394. The molecule has 0 saturated carbocycles. The van der Waals surface area contributed by atoms with Gasteiger partial charge in [0, 0.05) is 9.04 Å². The third-order valence-electron chi connectivity index (χ3n) is 2.62. The van der Waals surface area contributed by atoms with Crippen LogP contribution in [0.1, 0.15) is 26.7 Å². The minimum absolute atomic E-state index is 0.275. The molecule has 0 aromatic carbocycles. The molecule has 2 unspecified atom stereocenters. The van der Waals surface area contributed by atoms with Gasteiger partial charge in [-0.1, -0.05) is 20.4 Å². The fourth-order valence-corrected chi connectivity index (χ4v) is 7.90. The van der Waals surface area contributed by atoms with Gasteiger partial charge in [0.15, 0.2) is 0 Å². The maximum Gasteiger partial charge on any atom is 0.0798 e. The monoisotopic (exact) mass is 173 g/mol. The van der Waals surface area contributed by atoms with Gasteiger partial charge in [-0.05, 0) is 24.9 Å². The van der Waals surface area contributed by atoms with Crippen molar-refractivity contribution in [2.45, 2.75) is 45.3 Å². The highest BCUT2D eigenvalue weighted by Gasteiger charge is 2.25. The molecule has 60 valence electrons. The first-order valence-electron chi connectivity index (χ1n) is 4.51. The smallest absolute Gasteiger partial charge is 0.0798 e. The Morgan fingerprint density at radius 3 is 2.10 bits per heavy atom. The molecule has 10 heavy (non-hydrogen) atoms. The average Bonchev–Trinajstić information content (AvgIpc) is 2.20. The molecule has 0 aliphatic carbocycles. The fraction of sp³-hybridized carbons (Fsp3) is 1.00.